The summed E-state index contributed by atoms with van der Waals surface area (Å²) in [6.07, 6.45) is 6.14. The standard InChI is InChI=1S/C13H26N2O2/c1-3-17-13(16)12(14-2)8-11-15-9-6-4-5-7-10-15/h12,14H,3-11H2,1-2H3. The molecule has 1 rings (SSSR count). The molecule has 1 aliphatic rings. The average molecular weight is 242 g/mol. The van der Waals surface area contributed by atoms with Crippen molar-refractivity contribution in [1.29, 1.82) is 0 Å². The number of nitrogens with zero attached hydrogens (tertiary/aromatic N) is 1. The Kier molecular flexibility index (Phi) is 7.21. The number of carbonyl (C=O) groups is 1. The molecule has 0 amide bonds. The van der Waals surface area contributed by atoms with Crippen LogP contribution in [0.4, 0.5) is 0 Å². The van der Waals surface area contributed by atoms with Gasteiger partial charge in [-0.3, -0.25) is 4.79 Å². The fourth-order valence-electron chi connectivity index (χ4n) is 2.29. The van der Waals surface area contributed by atoms with Gasteiger partial charge in [0.05, 0.1) is 6.61 Å². The Morgan fingerprint density at radius 2 is 1.94 bits per heavy atom. The quantitative estimate of drug-likeness (QED) is 0.715. The molecule has 0 radical (unpaired) electrons. The Balaban J connectivity index is 2.28. The highest BCUT2D eigenvalue weighted by molar-refractivity contribution is 5.75. The molecule has 0 saturated carbocycles. The van der Waals surface area contributed by atoms with Gasteiger partial charge < -0.3 is 15.0 Å². The first-order valence-corrected chi connectivity index (χ1v) is 6.84. The number of esters is 1. The predicted molar refractivity (Wildman–Crippen MR) is 69.0 cm³/mol. The molecule has 0 aromatic carbocycles. The van der Waals surface area contributed by atoms with Crippen molar-refractivity contribution in [2.45, 2.75) is 45.1 Å². The zero-order valence-corrected chi connectivity index (χ0v) is 11.2. The van der Waals surface area contributed by atoms with E-state index in [9.17, 15) is 4.79 Å². The number of hydrogen-bond acceptors (Lipinski definition) is 4. The van der Waals surface area contributed by atoms with Crippen LogP contribution in [0.3, 0.4) is 0 Å². The Bertz CT molecular complexity index is 213. The molecule has 1 saturated heterocycles. The number of likely N-dealkylation sites (tertiary alicyclic amines) is 1. The predicted octanol–water partition coefficient (Wildman–Crippen LogP) is 1.40. The van der Waals surface area contributed by atoms with Crippen LogP contribution >= 0.6 is 0 Å². The molecular weight excluding hydrogens is 216 g/mol. The first-order chi connectivity index (χ1) is 8.27. The Morgan fingerprint density at radius 1 is 1.29 bits per heavy atom. The van der Waals surface area contributed by atoms with Crippen LogP contribution in [-0.4, -0.2) is 50.2 Å². The summed E-state index contributed by atoms with van der Waals surface area (Å²) in [4.78, 5) is 14.1. The lowest BCUT2D eigenvalue weighted by molar-refractivity contribution is -0.145. The fourth-order valence-corrected chi connectivity index (χ4v) is 2.29. The van der Waals surface area contributed by atoms with Gasteiger partial charge in [0.25, 0.3) is 0 Å². The number of hydrogen-bond donors (Lipinski definition) is 1. The molecule has 1 fully saturated rings. The monoisotopic (exact) mass is 242 g/mol. The summed E-state index contributed by atoms with van der Waals surface area (Å²) in [6.45, 7) is 5.66. The van der Waals surface area contributed by atoms with E-state index in [1.54, 1.807) is 0 Å². The van der Waals surface area contributed by atoms with Crippen molar-refractivity contribution in [1.82, 2.24) is 10.2 Å². The maximum atomic E-state index is 11.6. The van der Waals surface area contributed by atoms with E-state index in [0.29, 0.717) is 6.61 Å². The van der Waals surface area contributed by atoms with Crippen LogP contribution < -0.4 is 5.32 Å². The molecule has 0 aliphatic carbocycles. The summed E-state index contributed by atoms with van der Waals surface area (Å²) < 4.78 is 5.04. The summed E-state index contributed by atoms with van der Waals surface area (Å²) in [5.74, 6) is -0.121. The van der Waals surface area contributed by atoms with Crippen LogP contribution in [0.5, 0.6) is 0 Å². The molecule has 17 heavy (non-hydrogen) atoms. The third kappa shape index (κ3) is 5.50. The SMILES string of the molecule is CCOC(=O)C(CCN1CCCCCC1)NC. The molecule has 0 aromatic rings. The second-order valence-electron chi connectivity index (χ2n) is 4.64. The molecule has 100 valence electrons. The lowest BCUT2D eigenvalue weighted by Crippen LogP contribution is -2.39. The third-order valence-corrected chi connectivity index (χ3v) is 3.35. The van der Waals surface area contributed by atoms with E-state index in [1.165, 1.54) is 38.8 Å². The molecule has 4 nitrogen and oxygen atoms in total. The first kappa shape index (κ1) is 14.5. The molecule has 1 heterocycles. The lowest BCUT2D eigenvalue weighted by Gasteiger charge is -2.22. The van der Waals surface area contributed by atoms with Gasteiger partial charge in [0.1, 0.15) is 6.04 Å². The van der Waals surface area contributed by atoms with E-state index in [4.69, 9.17) is 4.74 Å². The molecule has 1 N–H and O–H groups in total. The summed E-state index contributed by atoms with van der Waals surface area (Å²) in [7, 11) is 1.82. The summed E-state index contributed by atoms with van der Waals surface area (Å²) in [5.41, 5.74) is 0. The molecule has 0 bridgehead atoms. The highest BCUT2D eigenvalue weighted by Gasteiger charge is 2.19. The molecule has 1 aliphatic heterocycles. The molecule has 1 unspecified atom stereocenters. The van der Waals surface area contributed by atoms with Gasteiger partial charge in [0, 0.05) is 6.54 Å². The van der Waals surface area contributed by atoms with Gasteiger partial charge in [0.2, 0.25) is 0 Å². The normalized spacial score (nSPS) is 19.6. The number of rotatable bonds is 6. The molecule has 4 heteroatoms. The second-order valence-corrected chi connectivity index (χ2v) is 4.64. The summed E-state index contributed by atoms with van der Waals surface area (Å²) in [6, 6.07) is -0.154. The minimum Gasteiger partial charge on any atom is -0.465 e. The maximum absolute atomic E-state index is 11.6. The minimum absolute atomic E-state index is 0.121. The highest BCUT2D eigenvalue weighted by atomic mass is 16.5. The van der Waals surface area contributed by atoms with Crippen LogP contribution in [0.2, 0.25) is 0 Å². The van der Waals surface area contributed by atoms with Gasteiger partial charge in [-0.15, -0.1) is 0 Å². The van der Waals surface area contributed by atoms with Gasteiger partial charge in [0.15, 0.2) is 0 Å². The van der Waals surface area contributed by atoms with E-state index < -0.39 is 0 Å². The summed E-state index contributed by atoms with van der Waals surface area (Å²) in [5, 5.41) is 3.04. The van der Waals surface area contributed by atoms with Crippen LogP contribution in [0, 0.1) is 0 Å². The number of nitrogens with one attached hydrogen (secondary N) is 1. The number of carbonyl (C=O) groups excluding carboxylic acids is 1. The fraction of sp³-hybridized carbons (Fsp3) is 0.923. The Labute approximate surface area is 105 Å². The smallest absolute Gasteiger partial charge is 0.323 e. The Morgan fingerprint density at radius 3 is 2.47 bits per heavy atom. The van der Waals surface area contributed by atoms with Crippen molar-refractivity contribution < 1.29 is 9.53 Å². The van der Waals surface area contributed by atoms with E-state index >= 15 is 0 Å². The topological polar surface area (TPSA) is 41.6 Å². The largest absolute Gasteiger partial charge is 0.465 e. The number of likely N-dealkylation sites (N-methyl/N-ethyl adjacent to an activating group) is 1. The zero-order chi connectivity index (χ0) is 12.5. The minimum atomic E-state index is -0.154. The van der Waals surface area contributed by atoms with Crippen molar-refractivity contribution in [3.63, 3.8) is 0 Å². The van der Waals surface area contributed by atoms with Crippen LogP contribution in [0.15, 0.2) is 0 Å². The first-order valence-electron chi connectivity index (χ1n) is 6.84. The molecule has 0 spiro atoms. The van der Waals surface area contributed by atoms with Gasteiger partial charge >= 0.3 is 5.97 Å². The van der Waals surface area contributed by atoms with Crippen molar-refractivity contribution in [2.24, 2.45) is 0 Å². The average Bonchev–Trinajstić information content (AvgIpc) is 2.59. The van der Waals surface area contributed by atoms with Crippen molar-refractivity contribution in [3.8, 4) is 0 Å². The lowest BCUT2D eigenvalue weighted by atomic mass is 10.2. The third-order valence-electron chi connectivity index (χ3n) is 3.35. The van der Waals surface area contributed by atoms with Crippen molar-refractivity contribution in [3.05, 3.63) is 0 Å². The summed E-state index contributed by atoms with van der Waals surface area (Å²) >= 11 is 0. The Hall–Kier alpha value is -0.610. The van der Waals surface area contributed by atoms with E-state index in [0.717, 1.165) is 13.0 Å². The molecular formula is C13H26N2O2. The van der Waals surface area contributed by atoms with Gasteiger partial charge in [-0.2, -0.15) is 0 Å². The van der Waals surface area contributed by atoms with Gasteiger partial charge in [-0.1, -0.05) is 12.8 Å². The van der Waals surface area contributed by atoms with Crippen molar-refractivity contribution >= 4 is 5.97 Å². The zero-order valence-electron chi connectivity index (χ0n) is 11.2. The highest BCUT2D eigenvalue weighted by Crippen LogP contribution is 2.10. The van der Waals surface area contributed by atoms with Crippen molar-refractivity contribution in [2.75, 3.05) is 33.3 Å². The van der Waals surface area contributed by atoms with Crippen LogP contribution in [0.25, 0.3) is 0 Å². The molecule has 0 aromatic heterocycles. The number of ether oxygens (including phenoxy) is 1. The second kappa shape index (κ2) is 8.48. The van der Waals surface area contributed by atoms with Gasteiger partial charge in [-0.05, 0) is 46.3 Å². The van der Waals surface area contributed by atoms with Crippen LogP contribution in [-0.2, 0) is 9.53 Å². The van der Waals surface area contributed by atoms with E-state index in [1.807, 2.05) is 14.0 Å². The van der Waals surface area contributed by atoms with Crippen LogP contribution in [0.1, 0.15) is 39.0 Å². The molecule has 1 atom stereocenters. The maximum Gasteiger partial charge on any atom is 0.323 e. The van der Waals surface area contributed by atoms with E-state index in [-0.39, 0.29) is 12.0 Å². The van der Waals surface area contributed by atoms with Gasteiger partial charge in [-0.25, -0.2) is 0 Å². The van der Waals surface area contributed by atoms with E-state index in [2.05, 4.69) is 10.2 Å².